The smallest absolute Gasteiger partial charge is 0.159 e. The number of rotatable bonds is 3. The first kappa shape index (κ1) is 18.5. The van der Waals surface area contributed by atoms with Crippen LogP contribution in [0.25, 0.3) is 27.6 Å². The van der Waals surface area contributed by atoms with Crippen LogP contribution in [-0.4, -0.2) is 7.11 Å². The number of hydrogen-bond donors (Lipinski definition) is 0. The Balaban J connectivity index is 1.61. The second-order valence-electron chi connectivity index (χ2n) is 7.91. The Labute approximate surface area is 183 Å². The molecule has 149 valence electrons. The quantitative estimate of drug-likeness (QED) is 0.355. The van der Waals surface area contributed by atoms with Crippen LogP contribution in [-0.2, 0) is 5.60 Å². The van der Waals surface area contributed by atoms with Crippen molar-refractivity contribution >= 4 is 27.6 Å². The highest BCUT2D eigenvalue weighted by molar-refractivity contribution is 6.14. The molecule has 2 aliphatic rings. The molecule has 1 unspecified atom stereocenters. The molecule has 4 aromatic carbocycles. The number of methoxy groups -OCH3 is 1. The third-order valence-electron chi connectivity index (χ3n) is 6.28. The molecule has 0 bridgehead atoms. The zero-order valence-corrected chi connectivity index (χ0v) is 17.2. The normalized spacial score (nSPS) is 20.7. The van der Waals surface area contributed by atoms with Crippen LogP contribution in [0.2, 0.25) is 0 Å². The van der Waals surface area contributed by atoms with Gasteiger partial charge in [-0.25, -0.2) is 0 Å². The van der Waals surface area contributed by atoms with Crippen molar-refractivity contribution in [3.8, 4) is 11.5 Å². The lowest BCUT2D eigenvalue weighted by Gasteiger charge is -2.40. The van der Waals surface area contributed by atoms with Gasteiger partial charge in [0.15, 0.2) is 5.60 Å². The lowest BCUT2D eigenvalue weighted by atomic mass is 9.77. The van der Waals surface area contributed by atoms with Gasteiger partial charge in [0.1, 0.15) is 11.5 Å². The summed E-state index contributed by atoms with van der Waals surface area (Å²) in [5.41, 5.74) is 1.50. The largest absolute Gasteiger partial charge is 0.497 e. The predicted octanol–water partition coefficient (Wildman–Crippen LogP) is 6.71. The van der Waals surface area contributed by atoms with Crippen molar-refractivity contribution in [3.05, 3.63) is 122 Å². The Hall–Kier alpha value is -3.26. The van der Waals surface area contributed by atoms with Crippen molar-refractivity contribution in [2.45, 2.75) is 5.60 Å². The summed E-state index contributed by atoms with van der Waals surface area (Å²) in [7, 11) is 1.69. The van der Waals surface area contributed by atoms with E-state index in [9.17, 15) is 0 Å². The summed E-state index contributed by atoms with van der Waals surface area (Å²) in [6, 6.07) is 25.2. The average molecular weight is 401 g/mol. The Bertz CT molecular complexity index is 1300. The fourth-order valence-corrected chi connectivity index (χ4v) is 4.74. The summed E-state index contributed by atoms with van der Waals surface area (Å²) in [5, 5.41) is 4.79. The first-order chi connectivity index (χ1) is 15.3. The van der Waals surface area contributed by atoms with E-state index in [4.69, 9.17) is 9.47 Å². The van der Waals surface area contributed by atoms with E-state index in [0.717, 1.165) is 33.9 Å². The van der Waals surface area contributed by atoms with Gasteiger partial charge in [0.2, 0.25) is 0 Å². The monoisotopic (exact) mass is 401 g/mol. The maximum Gasteiger partial charge on any atom is 0.159 e. The van der Waals surface area contributed by atoms with Crippen molar-refractivity contribution in [2.75, 3.05) is 7.11 Å². The molecule has 31 heavy (non-hydrogen) atoms. The molecule has 1 aliphatic heterocycles. The van der Waals surface area contributed by atoms with E-state index in [0.29, 0.717) is 0 Å². The molecule has 1 saturated carbocycles. The zero-order chi connectivity index (χ0) is 20.8. The van der Waals surface area contributed by atoms with Gasteiger partial charge < -0.3 is 9.47 Å². The number of hydrogen-bond acceptors (Lipinski definition) is 2. The molecule has 2 nitrogen and oxygen atoms in total. The topological polar surface area (TPSA) is 18.5 Å². The Morgan fingerprint density at radius 1 is 0.710 bits per heavy atom. The van der Waals surface area contributed by atoms with E-state index in [1.807, 2.05) is 12.1 Å². The summed E-state index contributed by atoms with van der Waals surface area (Å²) in [4.78, 5) is 0. The number of benzene rings is 4. The van der Waals surface area contributed by atoms with Crippen LogP contribution in [0.1, 0.15) is 11.1 Å². The van der Waals surface area contributed by atoms with Gasteiger partial charge in [-0.05, 0) is 60.1 Å². The zero-order valence-electron chi connectivity index (χ0n) is 17.2. The van der Waals surface area contributed by atoms with Crippen LogP contribution in [0.5, 0.6) is 11.5 Å². The first-order valence-corrected chi connectivity index (χ1v) is 10.5. The van der Waals surface area contributed by atoms with Crippen molar-refractivity contribution in [1.82, 2.24) is 0 Å². The molecule has 0 aromatic heterocycles. The lowest BCUT2D eigenvalue weighted by Crippen LogP contribution is -2.39. The Morgan fingerprint density at radius 2 is 1.32 bits per heavy atom. The molecule has 0 spiro atoms. The summed E-state index contributed by atoms with van der Waals surface area (Å²) in [6.45, 7) is 0. The minimum atomic E-state index is -0.700. The highest BCUT2D eigenvalue weighted by atomic mass is 16.5. The summed E-state index contributed by atoms with van der Waals surface area (Å²) < 4.78 is 12.4. The molecule has 1 heterocycles. The molecule has 5 radical (unpaired) electrons. The van der Waals surface area contributed by atoms with Crippen molar-refractivity contribution < 1.29 is 9.47 Å². The summed E-state index contributed by atoms with van der Waals surface area (Å²) in [6.07, 6.45) is 12.8. The van der Waals surface area contributed by atoms with E-state index in [1.54, 1.807) is 7.11 Å². The Morgan fingerprint density at radius 3 is 2.00 bits per heavy atom. The van der Waals surface area contributed by atoms with Gasteiger partial charge in [-0.1, -0.05) is 66.7 Å². The third kappa shape index (κ3) is 2.78. The maximum atomic E-state index is 7.02. The van der Waals surface area contributed by atoms with Crippen LogP contribution < -0.4 is 9.47 Å². The standard InChI is InChI=1S/C29H21O2/c1-30-22-16-14-21(15-17-22)29(20-8-2-3-9-20)19-18-27-25-12-5-4-10-23(25)24-11-6-7-13-26(24)28(27)31-29/h2-19H,1H3. The van der Waals surface area contributed by atoms with Crippen LogP contribution in [0.15, 0.2) is 78.9 Å². The first-order valence-electron chi connectivity index (χ1n) is 10.5. The molecule has 6 rings (SSSR count). The molecule has 0 saturated heterocycles. The molecule has 0 N–H and O–H groups in total. The summed E-state index contributed by atoms with van der Waals surface area (Å²) >= 11 is 0. The highest BCUT2D eigenvalue weighted by Crippen LogP contribution is 2.51. The SMILES string of the molecule is COc1ccc(C2([C]3[CH][CH][CH][CH]3)C=Cc3c(c4ccccc4c4ccccc34)O2)cc1. The second-order valence-corrected chi connectivity index (χ2v) is 7.91. The molecular formula is C29H21O2. The fourth-order valence-electron chi connectivity index (χ4n) is 4.74. The van der Waals surface area contributed by atoms with Crippen LogP contribution in [0.3, 0.4) is 0 Å². The number of fused-ring (bicyclic) bond motifs is 6. The van der Waals surface area contributed by atoms with Crippen molar-refractivity contribution in [3.63, 3.8) is 0 Å². The molecule has 1 aliphatic carbocycles. The van der Waals surface area contributed by atoms with E-state index in [-0.39, 0.29) is 0 Å². The van der Waals surface area contributed by atoms with E-state index < -0.39 is 5.60 Å². The number of ether oxygens (including phenoxy) is 2. The molecule has 1 atom stereocenters. The molecule has 0 amide bonds. The summed E-state index contributed by atoms with van der Waals surface area (Å²) in [5.74, 6) is 2.86. The van der Waals surface area contributed by atoms with Gasteiger partial charge in [0.25, 0.3) is 0 Å². The van der Waals surface area contributed by atoms with Gasteiger partial charge in [-0.15, -0.1) is 0 Å². The average Bonchev–Trinajstić information content (AvgIpc) is 3.40. The van der Waals surface area contributed by atoms with Gasteiger partial charge in [0, 0.05) is 22.4 Å². The lowest BCUT2D eigenvalue weighted by molar-refractivity contribution is 0.143. The van der Waals surface area contributed by atoms with Crippen LogP contribution in [0, 0.1) is 31.6 Å². The predicted molar refractivity (Wildman–Crippen MR) is 126 cm³/mol. The third-order valence-corrected chi connectivity index (χ3v) is 6.28. The van der Waals surface area contributed by atoms with Gasteiger partial charge in [-0.2, -0.15) is 0 Å². The van der Waals surface area contributed by atoms with E-state index in [1.165, 1.54) is 16.2 Å². The van der Waals surface area contributed by atoms with Crippen molar-refractivity contribution in [2.24, 2.45) is 0 Å². The second kappa shape index (κ2) is 7.16. The van der Waals surface area contributed by atoms with E-state index >= 15 is 0 Å². The highest BCUT2D eigenvalue weighted by Gasteiger charge is 2.45. The molecule has 4 aromatic rings. The minimum absolute atomic E-state index is 0.700. The fraction of sp³-hybridized carbons (Fsp3) is 0.0690. The Kier molecular flexibility index (Phi) is 4.27. The van der Waals surface area contributed by atoms with Crippen molar-refractivity contribution in [1.29, 1.82) is 0 Å². The van der Waals surface area contributed by atoms with Crippen LogP contribution >= 0.6 is 0 Å². The molecule has 1 fully saturated rings. The van der Waals surface area contributed by atoms with Crippen LogP contribution in [0.4, 0.5) is 0 Å². The van der Waals surface area contributed by atoms with Gasteiger partial charge in [0.05, 0.1) is 7.11 Å². The molecule has 2 heteroatoms. The van der Waals surface area contributed by atoms with Gasteiger partial charge in [-0.3, -0.25) is 0 Å². The minimum Gasteiger partial charge on any atom is -0.497 e. The maximum absolute atomic E-state index is 7.02. The molecular weight excluding hydrogens is 380 g/mol. The van der Waals surface area contributed by atoms with Gasteiger partial charge >= 0.3 is 0 Å². The van der Waals surface area contributed by atoms with E-state index in [2.05, 4.69) is 98.5 Å².